The van der Waals surface area contributed by atoms with Crippen molar-refractivity contribution >= 4 is 38.8 Å². The third kappa shape index (κ3) is 4.54. The van der Waals surface area contributed by atoms with Crippen LogP contribution in [0.5, 0.6) is 0 Å². The molecule has 164 valence electrons. The molecular formula is C22H20BrF3N2O2S. The number of carbonyl (C=O) groups is 1. The highest BCUT2D eigenvalue weighted by molar-refractivity contribution is 9.10. The summed E-state index contributed by atoms with van der Waals surface area (Å²) < 4.78 is 49.0. The van der Waals surface area contributed by atoms with E-state index in [0.29, 0.717) is 21.0 Å². The van der Waals surface area contributed by atoms with Crippen LogP contribution >= 0.6 is 27.7 Å². The largest absolute Gasteiger partial charge is 0.369 e. The fourth-order valence-corrected chi connectivity index (χ4v) is 5.48. The number of rotatable bonds is 3. The molecule has 0 bridgehead atoms. The number of hydrogen-bond donors (Lipinski definition) is 1. The molecule has 2 aromatic carbocycles. The number of ether oxygens (including phenoxy) is 1. The van der Waals surface area contributed by atoms with E-state index in [0.717, 1.165) is 6.92 Å². The molecular weight excluding hydrogens is 493 g/mol. The summed E-state index contributed by atoms with van der Waals surface area (Å²) >= 11 is 4.63. The fraction of sp³-hybridized carbons (Fsp3) is 0.364. The molecule has 9 heteroatoms. The smallest absolute Gasteiger partial charge is 0.271 e. The van der Waals surface area contributed by atoms with Gasteiger partial charge in [-0.2, -0.15) is 0 Å². The maximum absolute atomic E-state index is 14.9. The first-order chi connectivity index (χ1) is 14.7. The van der Waals surface area contributed by atoms with Crippen molar-refractivity contribution in [3.05, 3.63) is 69.9 Å². The van der Waals surface area contributed by atoms with Gasteiger partial charge in [0, 0.05) is 34.2 Å². The van der Waals surface area contributed by atoms with Crippen molar-refractivity contribution in [1.82, 2.24) is 5.32 Å². The van der Waals surface area contributed by atoms with Gasteiger partial charge in [0.2, 0.25) is 0 Å². The van der Waals surface area contributed by atoms with Crippen LogP contribution in [0.1, 0.15) is 29.3 Å². The lowest BCUT2D eigenvalue weighted by Gasteiger charge is -2.47. The summed E-state index contributed by atoms with van der Waals surface area (Å²) in [4.78, 5) is 17.3. The number of fused-ring (bicyclic) bond motifs is 1. The Hall–Kier alpha value is -1.84. The number of alkyl halides is 2. The average molecular weight is 513 g/mol. The van der Waals surface area contributed by atoms with E-state index in [1.54, 1.807) is 42.5 Å². The molecule has 2 aromatic rings. The summed E-state index contributed by atoms with van der Waals surface area (Å²) in [6.07, 6.45) is -1.23. The van der Waals surface area contributed by atoms with Crippen molar-refractivity contribution in [3.8, 4) is 0 Å². The zero-order chi connectivity index (χ0) is 22.2. The van der Waals surface area contributed by atoms with Gasteiger partial charge in [-0.3, -0.25) is 4.79 Å². The molecule has 0 aromatic heterocycles. The van der Waals surface area contributed by atoms with Gasteiger partial charge in [-0.1, -0.05) is 45.9 Å². The van der Waals surface area contributed by atoms with E-state index in [4.69, 9.17) is 9.73 Å². The van der Waals surface area contributed by atoms with Crippen molar-refractivity contribution in [2.24, 2.45) is 10.9 Å². The van der Waals surface area contributed by atoms with Crippen molar-refractivity contribution < 1.29 is 22.7 Å². The summed E-state index contributed by atoms with van der Waals surface area (Å²) in [5.41, 5.74) is -0.488. The number of hydrogen-bond acceptors (Lipinski definition) is 4. The third-order valence-electron chi connectivity index (χ3n) is 5.62. The Morgan fingerprint density at radius 1 is 1.29 bits per heavy atom. The molecule has 0 unspecified atom stereocenters. The highest BCUT2D eigenvalue weighted by Gasteiger charge is 2.53. The van der Waals surface area contributed by atoms with Gasteiger partial charge in [-0.05, 0) is 36.8 Å². The second-order valence-electron chi connectivity index (χ2n) is 7.79. The number of carbonyl (C=O) groups excluding carboxylic acids is 1. The Labute approximate surface area is 190 Å². The van der Waals surface area contributed by atoms with E-state index in [1.165, 1.54) is 17.8 Å². The first-order valence-corrected chi connectivity index (χ1v) is 11.5. The van der Waals surface area contributed by atoms with Gasteiger partial charge in [0.1, 0.15) is 17.5 Å². The van der Waals surface area contributed by atoms with Crippen molar-refractivity contribution in [2.45, 2.75) is 30.9 Å². The Kier molecular flexibility index (Phi) is 6.20. The van der Waals surface area contributed by atoms with Crippen LogP contribution in [0.25, 0.3) is 0 Å². The maximum atomic E-state index is 14.9. The van der Waals surface area contributed by atoms with E-state index < -0.39 is 23.4 Å². The molecule has 3 atom stereocenters. The highest BCUT2D eigenvalue weighted by Crippen LogP contribution is 2.49. The standard InChI is InChI=1S/C22H20BrF3N2O2S/c1-21(25,26)18-9-14-11-31-20(27-19(29)13-5-3-2-4-6-13)28-22(14,12-30-18)16-10-15(23)7-8-17(16)24/h2-8,10,14,18H,9,11-12H2,1H3,(H,27,28,29)/t14-,18+,22-/m0/s1. The molecule has 1 amide bonds. The van der Waals surface area contributed by atoms with Crippen LogP contribution in [0.3, 0.4) is 0 Å². The predicted molar refractivity (Wildman–Crippen MR) is 118 cm³/mol. The van der Waals surface area contributed by atoms with Gasteiger partial charge in [-0.25, -0.2) is 18.2 Å². The summed E-state index contributed by atoms with van der Waals surface area (Å²) in [5, 5.41) is 3.09. The van der Waals surface area contributed by atoms with Crippen molar-refractivity contribution in [2.75, 3.05) is 12.4 Å². The van der Waals surface area contributed by atoms with Crippen LogP contribution < -0.4 is 5.32 Å². The Bertz CT molecular complexity index is 1020. The molecule has 0 saturated carbocycles. The van der Waals surface area contributed by atoms with Gasteiger partial charge in [0.15, 0.2) is 5.17 Å². The molecule has 31 heavy (non-hydrogen) atoms. The Morgan fingerprint density at radius 3 is 2.74 bits per heavy atom. The third-order valence-corrected chi connectivity index (χ3v) is 7.15. The molecule has 1 N–H and O–H groups in total. The molecule has 0 spiro atoms. The van der Waals surface area contributed by atoms with Crippen LogP contribution in [0, 0.1) is 11.7 Å². The minimum Gasteiger partial charge on any atom is -0.369 e. The van der Waals surface area contributed by atoms with E-state index >= 15 is 0 Å². The average Bonchev–Trinajstić information content (AvgIpc) is 2.74. The topological polar surface area (TPSA) is 50.7 Å². The van der Waals surface area contributed by atoms with Gasteiger partial charge in [0.25, 0.3) is 11.8 Å². The number of benzene rings is 2. The monoisotopic (exact) mass is 512 g/mol. The second-order valence-corrected chi connectivity index (χ2v) is 9.71. The Morgan fingerprint density at radius 2 is 2.03 bits per heavy atom. The zero-order valence-electron chi connectivity index (χ0n) is 16.6. The quantitative estimate of drug-likeness (QED) is 0.600. The number of aliphatic imine (C=N–C) groups is 1. The summed E-state index contributed by atoms with van der Waals surface area (Å²) in [5.74, 6) is -3.84. The van der Waals surface area contributed by atoms with Gasteiger partial charge < -0.3 is 10.1 Å². The molecule has 4 nitrogen and oxygen atoms in total. The number of nitrogens with one attached hydrogen (secondary N) is 1. The molecule has 0 aliphatic carbocycles. The van der Waals surface area contributed by atoms with E-state index in [-0.39, 0.29) is 30.4 Å². The molecule has 2 heterocycles. The van der Waals surface area contributed by atoms with Crippen LogP contribution in [0.2, 0.25) is 0 Å². The van der Waals surface area contributed by atoms with Crippen LogP contribution in [0.4, 0.5) is 13.2 Å². The predicted octanol–water partition coefficient (Wildman–Crippen LogP) is 5.38. The molecule has 2 aliphatic heterocycles. The first-order valence-electron chi connectivity index (χ1n) is 9.73. The van der Waals surface area contributed by atoms with Crippen LogP contribution in [-0.4, -0.2) is 35.5 Å². The summed E-state index contributed by atoms with van der Waals surface area (Å²) in [6.45, 7) is 0.625. The zero-order valence-corrected chi connectivity index (χ0v) is 19.0. The number of amides is 1. The maximum Gasteiger partial charge on any atom is 0.271 e. The minimum atomic E-state index is -3.02. The highest BCUT2D eigenvalue weighted by atomic mass is 79.9. The van der Waals surface area contributed by atoms with E-state index in [2.05, 4.69) is 21.2 Å². The molecule has 2 aliphatic rings. The van der Waals surface area contributed by atoms with Gasteiger partial charge >= 0.3 is 0 Å². The first kappa shape index (κ1) is 22.4. The summed E-state index contributed by atoms with van der Waals surface area (Å²) in [7, 11) is 0. The van der Waals surface area contributed by atoms with Gasteiger partial charge in [0.05, 0.1) is 6.61 Å². The van der Waals surface area contributed by atoms with Gasteiger partial charge in [-0.15, -0.1) is 0 Å². The fourth-order valence-electron chi connectivity index (χ4n) is 3.95. The molecule has 0 radical (unpaired) electrons. The molecule has 1 saturated heterocycles. The molecule has 4 rings (SSSR count). The van der Waals surface area contributed by atoms with E-state index in [1.807, 2.05) is 0 Å². The lowest BCUT2D eigenvalue weighted by atomic mass is 9.74. The number of amidine groups is 1. The SMILES string of the molecule is CC(F)(F)[C@H]1C[C@H]2CSC(NC(=O)c3ccccc3)=N[C@@]2(c2cc(Br)ccc2F)CO1. The lowest BCUT2D eigenvalue weighted by molar-refractivity contribution is -0.170. The lowest BCUT2D eigenvalue weighted by Crippen LogP contribution is -2.54. The normalized spacial score (nSPS) is 26.0. The number of nitrogens with zero attached hydrogens (tertiary/aromatic N) is 1. The van der Waals surface area contributed by atoms with Crippen molar-refractivity contribution in [3.63, 3.8) is 0 Å². The molecule has 1 fully saturated rings. The number of thioether (sulfide) groups is 1. The van der Waals surface area contributed by atoms with Crippen molar-refractivity contribution in [1.29, 1.82) is 0 Å². The summed E-state index contributed by atoms with van der Waals surface area (Å²) in [6, 6.07) is 13.1. The second kappa shape index (κ2) is 8.60. The number of halogens is 4. The minimum absolute atomic E-state index is 0.0336. The van der Waals surface area contributed by atoms with Crippen LogP contribution in [-0.2, 0) is 10.3 Å². The van der Waals surface area contributed by atoms with E-state index in [9.17, 15) is 18.0 Å². The van der Waals surface area contributed by atoms with Crippen LogP contribution in [0.15, 0.2) is 58.0 Å². The Balaban J connectivity index is 1.72.